The third kappa shape index (κ3) is 63.1. The molecule has 0 aromatic rings. The van der Waals surface area contributed by atoms with E-state index in [1.54, 1.807) is 0 Å². The van der Waals surface area contributed by atoms with Crippen LogP contribution < -0.4 is 0 Å². The Morgan fingerprint density at radius 2 is 0.360 bits per heavy atom. The largest absolute Gasteiger partial charge is 0.462 e. The molecule has 0 aliphatic carbocycles. The van der Waals surface area contributed by atoms with Crippen molar-refractivity contribution in [1.82, 2.24) is 0 Å². The predicted octanol–water partition coefficient (Wildman–Crippen LogP) is 23.5. The Labute approximate surface area is 469 Å². The lowest BCUT2D eigenvalue weighted by molar-refractivity contribution is -0.167. The van der Waals surface area contributed by atoms with Crippen molar-refractivity contribution in [1.29, 1.82) is 0 Å². The maximum Gasteiger partial charge on any atom is 0.306 e. The molecule has 6 nitrogen and oxygen atoms in total. The molecule has 0 bridgehead atoms. The SMILES string of the molecule is CCCCCCCCCCCCCCCCCCCCCCCCCCCC(=O)OCC(COC(=O)CCCCCCCCCCCCCCCCC)OC(=O)CCCCCCCCCCCCCCCCCCC. The second-order valence-electron chi connectivity index (χ2n) is 23.8. The molecule has 0 amide bonds. The van der Waals surface area contributed by atoms with Crippen molar-refractivity contribution in [3.63, 3.8) is 0 Å². The van der Waals surface area contributed by atoms with Gasteiger partial charge in [0.15, 0.2) is 6.10 Å². The highest BCUT2D eigenvalue weighted by atomic mass is 16.6. The number of unbranched alkanes of at least 4 members (excludes halogenated alkanes) is 54. The van der Waals surface area contributed by atoms with Gasteiger partial charge in [0.1, 0.15) is 13.2 Å². The summed E-state index contributed by atoms with van der Waals surface area (Å²) in [6, 6.07) is 0. The van der Waals surface area contributed by atoms with Crippen molar-refractivity contribution in [3.05, 3.63) is 0 Å². The molecule has 0 radical (unpaired) electrons. The summed E-state index contributed by atoms with van der Waals surface area (Å²) in [5, 5.41) is 0. The Morgan fingerprint density at radius 3 is 0.533 bits per heavy atom. The molecule has 0 saturated carbocycles. The monoisotopic (exact) mass is 1060 g/mol. The third-order valence-corrected chi connectivity index (χ3v) is 16.1. The number of esters is 3. The predicted molar refractivity (Wildman–Crippen MR) is 326 cm³/mol. The first-order valence-corrected chi connectivity index (χ1v) is 34.5. The second kappa shape index (κ2) is 64.9. The van der Waals surface area contributed by atoms with E-state index in [2.05, 4.69) is 20.8 Å². The van der Waals surface area contributed by atoms with Crippen molar-refractivity contribution in [2.24, 2.45) is 0 Å². The van der Waals surface area contributed by atoms with Gasteiger partial charge < -0.3 is 14.2 Å². The van der Waals surface area contributed by atoms with E-state index >= 15 is 0 Å². The highest BCUT2D eigenvalue weighted by molar-refractivity contribution is 5.71. The summed E-state index contributed by atoms with van der Waals surface area (Å²) in [7, 11) is 0. The molecule has 0 spiro atoms. The number of hydrogen-bond acceptors (Lipinski definition) is 6. The van der Waals surface area contributed by atoms with E-state index in [1.165, 1.54) is 308 Å². The standard InChI is InChI=1S/C69H134O6/c1-4-7-10-13-16-19-22-25-28-30-31-32-33-34-35-36-37-39-41-44-47-50-53-56-59-62-68(71)74-65-66(64-73-67(70)61-58-55-52-49-46-43-40-27-24-21-18-15-12-9-6-3)75-69(72)63-60-57-54-51-48-45-42-38-29-26-23-20-17-14-11-8-5-2/h66H,4-65H2,1-3H3. The second-order valence-corrected chi connectivity index (χ2v) is 23.8. The zero-order chi connectivity index (χ0) is 54.3. The van der Waals surface area contributed by atoms with Gasteiger partial charge in [-0.25, -0.2) is 0 Å². The fourth-order valence-corrected chi connectivity index (χ4v) is 10.9. The first-order chi connectivity index (χ1) is 37.0. The van der Waals surface area contributed by atoms with Crippen LogP contribution in [-0.2, 0) is 28.6 Å². The Bertz CT molecular complexity index is 1120. The van der Waals surface area contributed by atoms with Crippen molar-refractivity contribution in [2.75, 3.05) is 13.2 Å². The molecule has 1 atom stereocenters. The molecule has 446 valence electrons. The van der Waals surface area contributed by atoms with Crippen LogP contribution in [-0.4, -0.2) is 37.2 Å². The van der Waals surface area contributed by atoms with Gasteiger partial charge in [0.2, 0.25) is 0 Å². The highest BCUT2D eigenvalue weighted by Crippen LogP contribution is 2.19. The molecular weight excluding hydrogens is 925 g/mol. The van der Waals surface area contributed by atoms with Crippen LogP contribution in [0.15, 0.2) is 0 Å². The van der Waals surface area contributed by atoms with Crippen LogP contribution in [0.3, 0.4) is 0 Å². The van der Waals surface area contributed by atoms with Crippen LogP contribution in [0.2, 0.25) is 0 Å². The van der Waals surface area contributed by atoms with Crippen LogP contribution in [0.5, 0.6) is 0 Å². The number of ether oxygens (including phenoxy) is 3. The zero-order valence-electron chi connectivity index (χ0n) is 51.4. The van der Waals surface area contributed by atoms with E-state index in [-0.39, 0.29) is 31.1 Å². The van der Waals surface area contributed by atoms with Gasteiger partial charge in [-0.05, 0) is 19.3 Å². The number of carbonyl (C=O) groups is 3. The van der Waals surface area contributed by atoms with Crippen molar-refractivity contribution in [2.45, 2.75) is 412 Å². The molecule has 0 aliphatic heterocycles. The average molecular weight is 1060 g/mol. The van der Waals surface area contributed by atoms with Gasteiger partial charge in [-0.3, -0.25) is 14.4 Å². The van der Waals surface area contributed by atoms with Gasteiger partial charge in [-0.15, -0.1) is 0 Å². The van der Waals surface area contributed by atoms with Crippen molar-refractivity contribution in [3.8, 4) is 0 Å². The lowest BCUT2D eigenvalue weighted by Gasteiger charge is -2.18. The van der Waals surface area contributed by atoms with Gasteiger partial charge in [0.05, 0.1) is 0 Å². The van der Waals surface area contributed by atoms with E-state index in [0.29, 0.717) is 19.3 Å². The summed E-state index contributed by atoms with van der Waals surface area (Å²) in [6.45, 7) is 6.74. The molecular formula is C69H134O6. The Morgan fingerprint density at radius 1 is 0.213 bits per heavy atom. The maximum atomic E-state index is 12.9. The summed E-state index contributed by atoms with van der Waals surface area (Å²) in [5.74, 6) is -0.821. The molecule has 0 saturated heterocycles. The minimum absolute atomic E-state index is 0.0602. The number of rotatable bonds is 65. The van der Waals surface area contributed by atoms with Gasteiger partial charge in [-0.2, -0.15) is 0 Å². The fourth-order valence-electron chi connectivity index (χ4n) is 10.9. The molecule has 0 aliphatic rings. The van der Waals surface area contributed by atoms with Crippen molar-refractivity contribution < 1.29 is 28.6 Å². The summed E-state index contributed by atoms with van der Waals surface area (Å²) < 4.78 is 17.0. The first kappa shape index (κ1) is 73.4. The highest BCUT2D eigenvalue weighted by Gasteiger charge is 2.19. The normalized spacial score (nSPS) is 11.9. The summed E-state index contributed by atoms with van der Waals surface area (Å²) >= 11 is 0. The maximum absolute atomic E-state index is 12.9. The topological polar surface area (TPSA) is 78.9 Å². The van der Waals surface area contributed by atoms with Gasteiger partial charge in [-0.1, -0.05) is 367 Å². The zero-order valence-corrected chi connectivity index (χ0v) is 51.4. The molecule has 75 heavy (non-hydrogen) atoms. The minimum Gasteiger partial charge on any atom is -0.462 e. The minimum atomic E-state index is -0.763. The molecule has 0 rings (SSSR count). The van der Waals surface area contributed by atoms with Crippen LogP contribution in [0.1, 0.15) is 406 Å². The van der Waals surface area contributed by atoms with Crippen LogP contribution in [0, 0.1) is 0 Å². The van der Waals surface area contributed by atoms with E-state index < -0.39 is 6.10 Å². The van der Waals surface area contributed by atoms with E-state index in [9.17, 15) is 14.4 Å². The van der Waals surface area contributed by atoms with Gasteiger partial charge in [0, 0.05) is 19.3 Å². The van der Waals surface area contributed by atoms with Crippen LogP contribution in [0.4, 0.5) is 0 Å². The van der Waals surface area contributed by atoms with E-state index in [0.717, 1.165) is 57.8 Å². The summed E-state index contributed by atoms with van der Waals surface area (Å²) in [6.07, 6.45) is 75.5. The number of hydrogen-bond donors (Lipinski definition) is 0. The van der Waals surface area contributed by atoms with E-state index in [1.807, 2.05) is 0 Å². The molecule has 0 heterocycles. The number of carbonyl (C=O) groups excluding carboxylic acids is 3. The van der Waals surface area contributed by atoms with E-state index in [4.69, 9.17) is 14.2 Å². The summed E-state index contributed by atoms with van der Waals surface area (Å²) in [4.78, 5) is 38.4. The molecule has 0 N–H and O–H groups in total. The average Bonchev–Trinajstić information content (AvgIpc) is 3.41. The Kier molecular flexibility index (Phi) is 63.6. The van der Waals surface area contributed by atoms with Gasteiger partial charge in [0.25, 0.3) is 0 Å². The lowest BCUT2D eigenvalue weighted by Crippen LogP contribution is -2.30. The Balaban J connectivity index is 4.20. The van der Waals surface area contributed by atoms with Crippen molar-refractivity contribution >= 4 is 17.9 Å². The fraction of sp³-hybridized carbons (Fsp3) is 0.957. The van der Waals surface area contributed by atoms with Crippen LogP contribution >= 0.6 is 0 Å². The molecule has 0 aromatic heterocycles. The molecule has 1 unspecified atom stereocenters. The molecule has 0 fully saturated rings. The van der Waals surface area contributed by atoms with Crippen LogP contribution in [0.25, 0.3) is 0 Å². The quantitative estimate of drug-likeness (QED) is 0.0343. The first-order valence-electron chi connectivity index (χ1n) is 34.5. The lowest BCUT2D eigenvalue weighted by atomic mass is 10.0. The van der Waals surface area contributed by atoms with Gasteiger partial charge >= 0.3 is 17.9 Å². The molecule has 0 aromatic carbocycles. The summed E-state index contributed by atoms with van der Waals surface area (Å²) in [5.41, 5.74) is 0. The smallest absolute Gasteiger partial charge is 0.306 e. The molecule has 6 heteroatoms. The Hall–Kier alpha value is -1.59. The third-order valence-electron chi connectivity index (χ3n) is 16.1.